The highest BCUT2D eigenvalue weighted by molar-refractivity contribution is 5.77. The van der Waals surface area contributed by atoms with Crippen LogP contribution in [0.3, 0.4) is 0 Å². The zero-order chi connectivity index (χ0) is 16.8. The summed E-state index contributed by atoms with van der Waals surface area (Å²) in [6.07, 6.45) is 6.53. The first kappa shape index (κ1) is 16.2. The summed E-state index contributed by atoms with van der Waals surface area (Å²) in [5.74, 6) is 1.18. The van der Waals surface area contributed by atoms with E-state index in [-0.39, 0.29) is 18.6 Å². The van der Waals surface area contributed by atoms with Crippen LogP contribution in [0.25, 0.3) is 0 Å². The van der Waals surface area contributed by atoms with E-state index in [2.05, 4.69) is 9.97 Å². The van der Waals surface area contributed by atoms with E-state index in [1.165, 1.54) is 0 Å². The second-order valence-corrected chi connectivity index (χ2v) is 5.87. The molecule has 6 nitrogen and oxygen atoms in total. The molecule has 1 fully saturated rings. The van der Waals surface area contributed by atoms with Crippen molar-refractivity contribution in [3.63, 3.8) is 0 Å². The van der Waals surface area contributed by atoms with Crippen LogP contribution in [0.2, 0.25) is 0 Å². The van der Waals surface area contributed by atoms with Crippen LogP contribution >= 0.6 is 0 Å². The SMILES string of the molecule is Cc1ccc(OCC(=O)N2CCC[C@H](Oc3cnccn3)C2)cc1. The number of nitrogens with zero attached hydrogens (tertiary/aromatic N) is 3. The van der Waals surface area contributed by atoms with Gasteiger partial charge in [-0.05, 0) is 31.9 Å². The van der Waals surface area contributed by atoms with Crippen molar-refractivity contribution in [1.82, 2.24) is 14.9 Å². The largest absolute Gasteiger partial charge is 0.484 e. The number of aryl methyl sites for hydroxylation is 1. The van der Waals surface area contributed by atoms with Crippen molar-refractivity contribution < 1.29 is 14.3 Å². The van der Waals surface area contributed by atoms with Crippen LogP contribution in [0.1, 0.15) is 18.4 Å². The minimum atomic E-state index is -0.0567. The van der Waals surface area contributed by atoms with Gasteiger partial charge in [0.05, 0.1) is 12.7 Å². The Morgan fingerprint density at radius 1 is 1.29 bits per heavy atom. The van der Waals surface area contributed by atoms with Crippen molar-refractivity contribution in [1.29, 1.82) is 0 Å². The highest BCUT2D eigenvalue weighted by Crippen LogP contribution is 2.17. The average Bonchev–Trinajstić information content (AvgIpc) is 2.62. The molecule has 0 spiro atoms. The quantitative estimate of drug-likeness (QED) is 0.842. The van der Waals surface area contributed by atoms with Crippen LogP contribution in [0.15, 0.2) is 42.9 Å². The molecule has 1 saturated heterocycles. The molecule has 6 heteroatoms. The first-order chi connectivity index (χ1) is 11.7. The van der Waals surface area contributed by atoms with Gasteiger partial charge in [0.1, 0.15) is 11.9 Å². The fourth-order valence-electron chi connectivity index (χ4n) is 2.65. The molecule has 1 atom stereocenters. The number of carbonyl (C=O) groups excluding carboxylic acids is 1. The molecular weight excluding hydrogens is 306 g/mol. The lowest BCUT2D eigenvalue weighted by atomic mass is 10.1. The smallest absolute Gasteiger partial charge is 0.260 e. The maximum Gasteiger partial charge on any atom is 0.260 e. The molecule has 0 bridgehead atoms. The van der Waals surface area contributed by atoms with Crippen LogP contribution in [0.5, 0.6) is 11.6 Å². The molecule has 3 rings (SSSR count). The molecule has 0 aliphatic carbocycles. The molecule has 126 valence electrons. The van der Waals surface area contributed by atoms with Gasteiger partial charge in [0, 0.05) is 18.9 Å². The zero-order valence-electron chi connectivity index (χ0n) is 13.7. The Morgan fingerprint density at radius 2 is 2.12 bits per heavy atom. The number of hydrogen-bond acceptors (Lipinski definition) is 5. The van der Waals surface area contributed by atoms with Gasteiger partial charge in [0.15, 0.2) is 6.61 Å². The molecule has 1 aliphatic rings. The number of likely N-dealkylation sites (tertiary alicyclic amines) is 1. The van der Waals surface area contributed by atoms with Gasteiger partial charge in [-0.15, -0.1) is 0 Å². The predicted molar refractivity (Wildman–Crippen MR) is 88.9 cm³/mol. The first-order valence-electron chi connectivity index (χ1n) is 8.10. The van der Waals surface area contributed by atoms with Gasteiger partial charge in [-0.3, -0.25) is 9.78 Å². The summed E-state index contributed by atoms with van der Waals surface area (Å²) in [5, 5.41) is 0. The number of carbonyl (C=O) groups is 1. The van der Waals surface area contributed by atoms with Gasteiger partial charge in [0.2, 0.25) is 5.88 Å². The van der Waals surface area contributed by atoms with E-state index in [0.717, 1.165) is 24.9 Å². The maximum atomic E-state index is 12.4. The Bertz CT molecular complexity index is 661. The summed E-state index contributed by atoms with van der Waals surface area (Å²) in [5.41, 5.74) is 1.16. The third-order valence-electron chi connectivity index (χ3n) is 3.94. The van der Waals surface area contributed by atoms with Gasteiger partial charge in [-0.25, -0.2) is 4.98 Å². The van der Waals surface area contributed by atoms with E-state index in [1.54, 1.807) is 23.5 Å². The lowest BCUT2D eigenvalue weighted by Gasteiger charge is -2.32. The first-order valence-corrected chi connectivity index (χ1v) is 8.10. The van der Waals surface area contributed by atoms with Crippen LogP contribution in [0.4, 0.5) is 0 Å². The van der Waals surface area contributed by atoms with E-state index < -0.39 is 0 Å². The molecule has 2 aromatic rings. The summed E-state index contributed by atoms with van der Waals surface area (Å²) >= 11 is 0. The molecule has 1 aromatic heterocycles. The number of rotatable bonds is 5. The van der Waals surface area contributed by atoms with Gasteiger partial charge in [-0.1, -0.05) is 17.7 Å². The second kappa shape index (κ2) is 7.77. The Balaban J connectivity index is 1.50. The van der Waals surface area contributed by atoms with Crippen molar-refractivity contribution in [3.05, 3.63) is 48.4 Å². The third kappa shape index (κ3) is 4.44. The van der Waals surface area contributed by atoms with E-state index in [0.29, 0.717) is 18.2 Å². The minimum Gasteiger partial charge on any atom is -0.484 e. The zero-order valence-corrected chi connectivity index (χ0v) is 13.7. The Kier molecular flexibility index (Phi) is 5.25. The molecule has 24 heavy (non-hydrogen) atoms. The van der Waals surface area contributed by atoms with E-state index >= 15 is 0 Å². The maximum absolute atomic E-state index is 12.4. The van der Waals surface area contributed by atoms with Crippen LogP contribution in [0, 0.1) is 6.92 Å². The van der Waals surface area contributed by atoms with Gasteiger partial charge >= 0.3 is 0 Å². The highest BCUT2D eigenvalue weighted by atomic mass is 16.5. The fourth-order valence-corrected chi connectivity index (χ4v) is 2.65. The molecule has 0 radical (unpaired) electrons. The van der Waals surface area contributed by atoms with Crippen molar-refractivity contribution in [2.24, 2.45) is 0 Å². The summed E-state index contributed by atoms with van der Waals surface area (Å²) in [4.78, 5) is 22.2. The number of ether oxygens (including phenoxy) is 2. The molecule has 1 aromatic carbocycles. The Labute approximate surface area is 141 Å². The molecule has 2 heterocycles. The second-order valence-electron chi connectivity index (χ2n) is 5.87. The Hall–Kier alpha value is -2.63. The number of benzene rings is 1. The van der Waals surface area contributed by atoms with Gasteiger partial charge in [0.25, 0.3) is 5.91 Å². The molecule has 0 unspecified atom stereocenters. The molecule has 0 saturated carbocycles. The summed E-state index contributed by atoms with van der Waals surface area (Å²) in [6, 6.07) is 7.68. The van der Waals surface area contributed by atoms with E-state index in [9.17, 15) is 4.79 Å². The highest BCUT2D eigenvalue weighted by Gasteiger charge is 2.25. The standard InChI is InChI=1S/C18H21N3O3/c1-14-4-6-15(7-5-14)23-13-18(22)21-10-2-3-16(12-21)24-17-11-19-8-9-20-17/h4-9,11,16H,2-3,10,12-13H2,1H3/t16-/m0/s1. The van der Waals surface area contributed by atoms with Crippen molar-refractivity contribution >= 4 is 5.91 Å². The Morgan fingerprint density at radius 3 is 2.88 bits per heavy atom. The van der Waals surface area contributed by atoms with Crippen LogP contribution in [-0.2, 0) is 4.79 Å². The predicted octanol–water partition coefficient (Wildman–Crippen LogP) is 2.23. The van der Waals surface area contributed by atoms with Crippen molar-refractivity contribution in [2.75, 3.05) is 19.7 Å². The normalized spacial score (nSPS) is 17.4. The minimum absolute atomic E-state index is 0.0250. The summed E-state index contributed by atoms with van der Waals surface area (Å²) < 4.78 is 11.4. The van der Waals surface area contributed by atoms with E-state index in [4.69, 9.17) is 9.47 Å². The topological polar surface area (TPSA) is 64.5 Å². The molecular formula is C18H21N3O3. The number of hydrogen-bond donors (Lipinski definition) is 0. The molecule has 0 N–H and O–H groups in total. The number of amides is 1. The van der Waals surface area contributed by atoms with Crippen LogP contribution in [-0.4, -0.2) is 46.6 Å². The van der Waals surface area contributed by atoms with Gasteiger partial charge in [-0.2, -0.15) is 0 Å². The van der Waals surface area contributed by atoms with Gasteiger partial charge < -0.3 is 14.4 Å². The summed E-state index contributed by atoms with van der Waals surface area (Å²) in [7, 11) is 0. The van der Waals surface area contributed by atoms with Crippen molar-refractivity contribution in [2.45, 2.75) is 25.9 Å². The number of aromatic nitrogens is 2. The monoisotopic (exact) mass is 327 g/mol. The van der Waals surface area contributed by atoms with Crippen molar-refractivity contribution in [3.8, 4) is 11.6 Å². The average molecular weight is 327 g/mol. The molecule has 1 aliphatic heterocycles. The van der Waals surface area contributed by atoms with E-state index in [1.807, 2.05) is 31.2 Å². The fraction of sp³-hybridized carbons (Fsp3) is 0.389. The number of piperidine rings is 1. The third-order valence-corrected chi connectivity index (χ3v) is 3.94. The van der Waals surface area contributed by atoms with Crippen LogP contribution < -0.4 is 9.47 Å². The lowest BCUT2D eigenvalue weighted by molar-refractivity contribution is -0.136. The lowest BCUT2D eigenvalue weighted by Crippen LogP contribution is -2.46. The molecule has 1 amide bonds. The summed E-state index contributed by atoms with van der Waals surface area (Å²) in [6.45, 7) is 3.34.